The topological polar surface area (TPSA) is 124 Å². The minimum absolute atomic E-state index is 0.165. The summed E-state index contributed by atoms with van der Waals surface area (Å²) in [6.45, 7) is 0. The van der Waals surface area contributed by atoms with Crippen molar-refractivity contribution < 1.29 is 4.79 Å². The Labute approximate surface area is 207 Å². The molecule has 0 bridgehead atoms. The van der Waals surface area contributed by atoms with Gasteiger partial charge >= 0.3 is 0 Å². The summed E-state index contributed by atoms with van der Waals surface area (Å²) in [5, 5.41) is 14.3. The molecule has 0 aliphatic heterocycles. The average molecular weight is 479 g/mol. The normalized spacial score (nSPS) is 14.0. The van der Waals surface area contributed by atoms with Gasteiger partial charge in [-0.05, 0) is 36.6 Å². The molecule has 9 nitrogen and oxygen atoms in total. The number of benzene rings is 2. The molecule has 0 saturated heterocycles. The Morgan fingerprint density at radius 2 is 1.94 bits per heavy atom. The van der Waals surface area contributed by atoms with Crippen molar-refractivity contribution in [3.05, 3.63) is 89.8 Å². The van der Waals surface area contributed by atoms with Gasteiger partial charge in [-0.1, -0.05) is 30.3 Å². The molecular formula is C27H26N8O. The second-order valence-corrected chi connectivity index (χ2v) is 9.06. The molecule has 6 rings (SSSR count). The number of carbonyl (C=O) groups excluding carboxylic acids is 1. The molecule has 1 aliphatic carbocycles. The van der Waals surface area contributed by atoms with Gasteiger partial charge in [0.2, 0.25) is 0 Å². The lowest BCUT2D eigenvalue weighted by Crippen LogP contribution is -2.31. The molecule has 36 heavy (non-hydrogen) atoms. The molecule has 2 aromatic carbocycles. The van der Waals surface area contributed by atoms with E-state index in [1.807, 2.05) is 43.6 Å². The number of aromatic nitrogens is 6. The van der Waals surface area contributed by atoms with Gasteiger partial charge in [0, 0.05) is 53.7 Å². The third-order valence-corrected chi connectivity index (χ3v) is 6.56. The predicted octanol–water partition coefficient (Wildman–Crippen LogP) is 4.38. The van der Waals surface area contributed by atoms with Crippen LogP contribution in [0.1, 0.15) is 52.2 Å². The number of nitrogens with zero attached hydrogens (tertiary/aromatic N) is 4. The number of nitrogens with one attached hydrogen (secondary N) is 4. The molecule has 1 aliphatic rings. The van der Waals surface area contributed by atoms with Crippen molar-refractivity contribution in [1.82, 2.24) is 35.5 Å². The summed E-state index contributed by atoms with van der Waals surface area (Å²) in [6.07, 6.45) is 6.27. The van der Waals surface area contributed by atoms with Crippen LogP contribution in [0.25, 0.3) is 22.3 Å². The van der Waals surface area contributed by atoms with Gasteiger partial charge in [-0.3, -0.25) is 9.89 Å². The number of carbonyl (C=O) groups is 1. The van der Waals surface area contributed by atoms with E-state index in [-0.39, 0.29) is 11.9 Å². The first-order chi connectivity index (χ1) is 17.7. The number of fused-ring (bicyclic) bond motifs is 1. The lowest BCUT2D eigenvalue weighted by atomic mass is 10.0. The van der Waals surface area contributed by atoms with Crippen molar-refractivity contribution in [1.29, 1.82) is 0 Å². The number of anilines is 1. The highest BCUT2D eigenvalue weighted by Crippen LogP contribution is 2.39. The third-order valence-electron chi connectivity index (χ3n) is 6.56. The van der Waals surface area contributed by atoms with E-state index < -0.39 is 0 Å². The molecule has 1 saturated carbocycles. The van der Waals surface area contributed by atoms with E-state index in [0.717, 1.165) is 52.2 Å². The van der Waals surface area contributed by atoms with Crippen LogP contribution >= 0.6 is 0 Å². The van der Waals surface area contributed by atoms with Crippen LogP contribution in [0.2, 0.25) is 0 Å². The summed E-state index contributed by atoms with van der Waals surface area (Å²) < 4.78 is 0. The van der Waals surface area contributed by atoms with Gasteiger partial charge in [-0.2, -0.15) is 5.10 Å². The molecule has 0 unspecified atom stereocenters. The van der Waals surface area contributed by atoms with E-state index in [1.165, 1.54) is 6.33 Å². The minimum Gasteiger partial charge on any atom is -0.373 e. The number of aromatic amines is 2. The van der Waals surface area contributed by atoms with Crippen LogP contribution in [0.4, 0.5) is 5.82 Å². The first-order valence-corrected chi connectivity index (χ1v) is 12.1. The molecule has 1 fully saturated rings. The summed E-state index contributed by atoms with van der Waals surface area (Å²) in [6, 6.07) is 17.1. The van der Waals surface area contributed by atoms with Gasteiger partial charge in [-0.15, -0.1) is 0 Å². The van der Waals surface area contributed by atoms with Gasteiger partial charge < -0.3 is 15.6 Å². The van der Waals surface area contributed by atoms with E-state index in [9.17, 15) is 4.79 Å². The Bertz CT molecular complexity index is 1500. The number of rotatable bonds is 8. The number of hydrogen-bond acceptors (Lipinski definition) is 6. The largest absolute Gasteiger partial charge is 0.373 e. The quantitative estimate of drug-likeness (QED) is 0.262. The maximum atomic E-state index is 13.4. The molecule has 180 valence electrons. The van der Waals surface area contributed by atoms with Gasteiger partial charge in [-0.25, -0.2) is 15.0 Å². The predicted molar refractivity (Wildman–Crippen MR) is 138 cm³/mol. The Hall–Kier alpha value is -4.53. The van der Waals surface area contributed by atoms with E-state index in [2.05, 4.69) is 47.9 Å². The second kappa shape index (κ2) is 9.26. The van der Waals surface area contributed by atoms with Gasteiger partial charge in [0.15, 0.2) is 5.82 Å². The molecule has 5 aromatic rings. The summed E-state index contributed by atoms with van der Waals surface area (Å²) in [7, 11) is 1.85. The molecule has 1 amide bonds. The molecular weight excluding hydrogens is 452 g/mol. The summed E-state index contributed by atoms with van der Waals surface area (Å²) >= 11 is 0. The average Bonchev–Trinajstić information content (AvgIpc) is 3.48. The molecule has 9 heteroatoms. The van der Waals surface area contributed by atoms with Crippen LogP contribution < -0.4 is 10.6 Å². The zero-order valence-corrected chi connectivity index (χ0v) is 19.8. The van der Waals surface area contributed by atoms with E-state index >= 15 is 0 Å². The molecule has 4 N–H and O–H groups in total. The number of para-hydroxylation sites is 1. The van der Waals surface area contributed by atoms with Crippen LogP contribution in [-0.2, 0) is 6.42 Å². The first-order valence-electron chi connectivity index (χ1n) is 12.1. The number of hydrogen-bond donors (Lipinski definition) is 4. The lowest BCUT2D eigenvalue weighted by molar-refractivity contribution is 0.0935. The standard InChI is InChI=1S/C27H26N8O/c1-28-24-13-23(32-26(34-24)17-6-7-17)22(12-19-14-29-21-5-3-2-4-20(19)21)33-27(36)18-10-8-16(9-11-18)25-30-15-31-35-25/h2-5,8-11,13-15,17,22,29H,6-7,12H2,1H3,(H,33,36)(H,28,32,34)(H,30,31,35)/t22-/m1/s1. The zero-order valence-electron chi connectivity index (χ0n) is 19.8. The van der Waals surface area contributed by atoms with Crippen LogP contribution in [-0.4, -0.2) is 43.1 Å². The molecule has 1 atom stereocenters. The van der Waals surface area contributed by atoms with Crippen molar-refractivity contribution in [3.63, 3.8) is 0 Å². The fourth-order valence-corrected chi connectivity index (χ4v) is 4.43. The van der Waals surface area contributed by atoms with Crippen molar-refractivity contribution in [2.45, 2.75) is 31.2 Å². The van der Waals surface area contributed by atoms with Crippen molar-refractivity contribution >= 4 is 22.6 Å². The third kappa shape index (κ3) is 4.43. The maximum absolute atomic E-state index is 13.4. The van der Waals surface area contributed by atoms with Gasteiger partial charge in [0.05, 0.1) is 11.7 Å². The van der Waals surface area contributed by atoms with Crippen molar-refractivity contribution in [2.75, 3.05) is 12.4 Å². The highest BCUT2D eigenvalue weighted by Gasteiger charge is 2.29. The number of H-pyrrole nitrogens is 2. The van der Waals surface area contributed by atoms with E-state index in [4.69, 9.17) is 4.98 Å². The number of amides is 1. The molecule has 3 aromatic heterocycles. The van der Waals surface area contributed by atoms with Crippen LogP contribution in [0.15, 0.2) is 67.1 Å². The molecule has 0 spiro atoms. The summed E-state index contributed by atoms with van der Waals surface area (Å²) in [5.74, 6) is 2.49. The fourth-order valence-electron chi connectivity index (χ4n) is 4.43. The van der Waals surface area contributed by atoms with Gasteiger partial charge in [0.25, 0.3) is 5.91 Å². The van der Waals surface area contributed by atoms with Crippen molar-refractivity contribution in [3.8, 4) is 11.4 Å². The van der Waals surface area contributed by atoms with E-state index in [0.29, 0.717) is 23.7 Å². The molecule has 3 heterocycles. The minimum atomic E-state index is -0.335. The highest BCUT2D eigenvalue weighted by molar-refractivity contribution is 5.95. The van der Waals surface area contributed by atoms with E-state index in [1.54, 1.807) is 12.1 Å². The van der Waals surface area contributed by atoms with Crippen LogP contribution in [0.3, 0.4) is 0 Å². The second-order valence-electron chi connectivity index (χ2n) is 9.06. The zero-order chi connectivity index (χ0) is 24.5. The Morgan fingerprint density at radius 3 is 2.69 bits per heavy atom. The Balaban J connectivity index is 1.32. The monoisotopic (exact) mass is 478 g/mol. The van der Waals surface area contributed by atoms with Crippen molar-refractivity contribution in [2.24, 2.45) is 0 Å². The smallest absolute Gasteiger partial charge is 0.251 e. The SMILES string of the molecule is CNc1cc([C@@H](Cc2c[nH]c3ccccc23)NC(=O)c2ccc(-c3ncn[nH]3)cc2)nc(C2CC2)n1. The summed E-state index contributed by atoms with van der Waals surface area (Å²) in [5.41, 5.74) is 4.41. The van der Waals surface area contributed by atoms with Crippen LogP contribution in [0, 0.1) is 0 Å². The Morgan fingerprint density at radius 1 is 1.11 bits per heavy atom. The van der Waals surface area contributed by atoms with Crippen LogP contribution in [0.5, 0.6) is 0 Å². The fraction of sp³-hybridized carbons (Fsp3) is 0.222. The van der Waals surface area contributed by atoms with Gasteiger partial charge in [0.1, 0.15) is 18.0 Å². The molecule has 0 radical (unpaired) electrons. The maximum Gasteiger partial charge on any atom is 0.251 e. The Kier molecular flexibility index (Phi) is 5.65. The lowest BCUT2D eigenvalue weighted by Gasteiger charge is -2.20. The first kappa shape index (κ1) is 22.0. The summed E-state index contributed by atoms with van der Waals surface area (Å²) in [4.78, 5) is 30.5. The highest BCUT2D eigenvalue weighted by atomic mass is 16.1.